The van der Waals surface area contributed by atoms with Crippen LogP contribution in [0.15, 0.2) is 69.0 Å². The summed E-state index contributed by atoms with van der Waals surface area (Å²) >= 11 is 0. The van der Waals surface area contributed by atoms with Crippen molar-refractivity contribution in [1.82, 2.24) is 20.4 Å². The first-order valence-electron chi connectivity index (χ1n) is 9.48. The minimum atomic E-state index is -0.535. The van der Waals surface area contributed by atoms with Gasteiger partial charge in [0.15, 0.2) is 5.58 Å². The third kappa shape index (κ3) is 4.55. The van der Waals surface area contributed by atoms with E-state index < -0.39 is 11.5 Å². The molecule has 1 N–H and O–H groups in total. The van der Waals surface area contributed by atoms with Gasteiger partial charge in [-0.1, -0.05) is 47.6 Å². The lowest BCUT2D eigenvalue weighted by Crippen LogP contribution is -2.32. The zero-order chi connectivity index (χ0) is 21.8. The van der Waals surface area contributed by atoms with E-state index in [4.69, 9.17) is 4.52 Å². The molecular weight excluding hydrogens is 401 g/mol. The Kier molecular flexibility index (Phi) is 5.65. The molecule has 0 atom stereocenters. The van der Waals surface area contributed by atoms with E-state index in [1.54, 1.807) is 6.92 Å². The van der Waals surface area contributed by atoms with E-state index in [-0.39, 0.29) is 12.4 Å². The predicted octanol–water partition coefficient (Wildman–Crippen LogP) is 2.57. The van der Waals surface area contributed by atoms with Gasteiger partial charge >= 0.3 is 0 Å². The second-order valence-corrected chi connectivity index (χ2v) is 6.89. The first-order chi connectivity index (χ1) is 15.0. The van der Waals surface area contributed by atoms with E-state index in [1.807, 2.05) is 30.3 Å². The number of hydrogen-bond donors (Lipinski definition) is 1. The molecule has 0 aliphatic heterocycles. The van der Waals surface area contributed by atoms with Gasteiger partial charge in [0.25, 0.3) is 11.5 Å². The van der Waals surface area contributed by atoms with E-state index >= 15 is 0 Å². The van der Waals surface area contributed by atoms with Gasteiger partial charge in [-0.05, 0) is 30.2 Å². The molecule has 1 amide bonds. The molecule has 9 heteroatoms. The fourth-order valence-electron chi connectivity index (χ4n) is 3.10. The fourth-order valence-corrected chi connectivity index (χ4v) is 3.10. The largest absolute Gasteiger partial charge is 0.354 e. The van der Waals surface area contributed by atoms with Gasteiger partial charge in [-0.15, -0.1) is 0 Å². The van der Waals surface area contributed by atoms with Crippen LogP contribution in [-0.2, 0) is 17.8 Å². The van der Waals surface area contributed by atoms with Crippen molar-refractivity contribution in [2.45, 2.75) is 19.9 Å². The molecule has 0 bridgehead atoms. The molecule has 0 saturated carbocycles. The second-order valence-electron chi connectivity index (χ2n) is 6.89. The molecule has 0 saturated heterocycles. The van der Waals surface area contributed by atoms with Gasteiger partial charge in [-0.3, -0.25) is 9.59 Å². The van der Waals surface area contributed by atoms with Crippen LogP contribution in [0.3, 0.4) is 0 Å². The van der Waals surface area contributed by atoms with Crippen molar-refractivity contribution in [3.05, 3.63) is 93.3 Å². The molecule has 2 aromatic carbocycles. The number of carbonyl (C=O) groups excluding carboxylic acids is 1. The number of nitrogens with zero attached hydrogens (tertiary/aromatic N) is 4. The van der Waals surface area contributed by atoms with Crippen molar-refractivity contribution < 1.29 is 13.7 Å². The van der Waals surface area contributed by atoms with Crippen LogP contribution in [0.1, 0.15) is 22.5 Å². The minimum Gasteiger partial charge on any atom is -0.354 e. The molecule has 156 valence electrons. The van der Waals surface area contributed by atoms with Crippen LogP contribution in [0.25, 0.3) is 11.0 Å². The van der Waals surface area contributed by atoms with E-state index in [0.717, 1.165) is 10.2 Å². The Balaban J connectivity index is 1.57. The summed E-state index contributed by atoms with van der Waals surface area (Å²) < 4.78 is 19.4. The smallest absolute Gasteiger partial charge is 0.280 e. The van der Waals surface area contributed by atoms with Gasteiger partial charge in [-0.2, -0.15) is 10.2 Å². The number of carbonyl (C=O) groups is 1. The summed E-state index contributed by atoms with van der Waals surface area (Å²) in [4.78, 5) is 25.1. The van der Waals surface area contributed by atoms with E-state index in [1.165, 1.54) is 30.5 Å². The van der Waals surface area contributed by atoms with Crippen LogP contribution in [-0.4, -0.2) is 27.1 Å². The summed E-state index contributed by atoms with van der Waals surface area (Å²) in [5.41, 5.74) is 4.72. The number of aryl methyl sites for hydroxylation is 1. The SMILES string of the molecule is Cc1noc2c(Cc3ccccc3)nn(CC(=O)N/N=C/c3ccc(F)cc3)c(=O)c12. The molecule has 0 unspecified atom stereocenters. The molecular formula is C22H18FN5O3. The average Bonchev–Trinajstić information content (AvgIpc) is 3.16. The lowest BCUT2D eigenvalue weighted by Gasteiger charge is -2.07. The molecule has 4 rings (SSSR count). The highest BCUT2D eigenvalue weighted by molar-refractivity contribution is 5.83. The molecule has 8 nitrogen and oxygen atoms in total. The maximum absolute atomic E-state index is 12.9. The summed E-state index contributed by atoms with van der Waals surface area (Å²) in [6.45, 7) is 1.33. The van der Waals surface area contributed by atoms with E-state index in [9.17, 15) is 14.0 Å². The van der Waals surface area contributed by atoms with Crippen LogP contribution >= 0.6 is 0 Å². The van der Waals surface area contributed by atoms with Crippen molar-refractivity contribution in [1.29, 1.82) is 0 Å². The number of fused-ring (bicyclic) bond motifs is 1. The normalized spacial score (nSPS) is 11.3. The number of hydrogen-bond acceptors (Lipinski definition) is 6. The summed E-state index contributed by atoms with van der Waals surface area (Å²) in [6, 6.07) is 15.2. The molecule has 2 heterocycles. The maximum Gasteiger partial charge on any atom is 0.280 e. The van der Waals surface area contributed by atoms with Crippen LogP contribution in [0, 0.1) is 12.7 Å². The van der Waals surface area contributed by atoms with Crippen LogP contribution in [0.2, 0.25) is 0 Å². The minimum absolute atomic E-state index is 0.295. The third-order valence-electron chi connectivity index (χ3n) is 4.60. The Labute approximate surface area is 176 Å². The van der Waals surface area contributed by atoms with Gasteiger partial charge in [0.05, 0.1) is 11.9 Å². The number of nitrogens with one attached hydrogen (secondary N) is 1. The molecule has 0 spiro atoms. The summed E-state index contributed by atoms with van der Waals surface area (Å²) in [5, 5.41) is 12.4. The van der Waals surface area contributed by atoms with Gasteiger partial charge in [0.1, 0.15) is 23.4 Å². The molecule has 0 aliphatic carbocycles. The standard InChI is InChI=1S/C22H18FN5O3/c1-14-20-21(31-27-14)18(11-15-5-3-2-4-6-15)26-28(22(20)30)13-19(29)25-24-12-16-7-9-17(23)10-8-16/h2-10,12H,11,13H2,1H3,(H,25,29)/b24-12+. The first kappa shape index (κ1) is 20.1. The van der Waals surface area contributed by atoms with Gasteiger partial charge < -0.3 is 4.52 Å². The van der Waals surface area contributed by atoms with Gasteiger partial charge in [0, 0.05) is 6.42 Å². The Morgan fingerprint density at radius 3 is 2.68 bits per heavy atom. The lowest BCUT2D eigenvalue weighted by atomic mass is 10.1. The quantitative estimate of drug-likeness (QED) is 0.382. The van der Waals surface area contributed by atoms with E-state index in [2.05, 4.69) is 20.8 Å². The van der Waals surface area contributed by atoms with Gasteiger partial charge in [0.2, 0.25) is 0 Å². The zero-order valence-corrected chi connectivity index (χ0v) is 16.6. The Morgan fingerprint density at radius 1 is 1.19 bits per heavy atom. The summed E-state index contributed by atoms with van der Waals surface area (Å²) in [5.74, 6) is -0.899. The lowest BCUT2D eigenvalue weighted by molar-refractivity contribution is -0.121. The number of hydrazone groups is 1. The Morgan fingerprint density at radius 2 is 1.94 bits per heavy atom. The highest BCUT2D eigenvalue weighted by atomic mass is 19.1. The fraction of sp³-hybridized carbons (Fsp3) is 0.136. The number of rotatable bonds is 6. The molecule has 31 heavy (non-hydrogen) atoms. The van der Waals surface area contributed by atoms with E-state index in [0.29, 0.717) is 34.3 Å². The monoisotopic (exact) mass is 419 g/mol. The van der Waals surface area contributed by atoms with Crippen molar-refractivity contribution in [3.8, 4) is 0 Å². The molecule has 0 radical (unpaired) electrons. The first-order valence-corrected chi connectivity index (χ1v) is 9.48. The summed E-state index contributed by atoms with van der Waals surface area (Å²) in [7, 11) is 0. The topological polar surface area (TPSA) is 102 Å². The molecule has 0 aliphatic rings. The van der Waals surface area contributed by atoms with Crippen LogP contribution < -0.4 is 11.0 Å². The Hall–Kier alpha value is -4.14. The highest BCUT2D eigenvalue weighted by Gasteiger charge is 2.19. The zero-order valence-electron chi connectivity index (χ0n) is 16.6. The number of aromatic nitrogens is 3. The van der Waals surface area contributed by atoms with Crippen molar-refractivity contribution in [2.24, 2.45) is 5.10 Å². The van der Waals surface area contributed by atoms with Crippen LogP contribution in [0.5, 0.6) is 0 Å². The molecule has 2 aromatic heterocycles. The van der Waals surface area contributed by atoms with Gasteiger partial charge in [-0.25, -0.2) is 14.5 Å². The predicted molar refractivity (Wildman–Crippen MR) is 112 cm³/mol. The molecule has 0 fully saturated rings. The average molecular weight is 419 g/mol. The number of halogens is 1. The third-order valence-corrected chi connectivity index (χ3v) is 4.60. The highest BCUT2D eigenvalue weighted by Crippen LogP contribution is 2.19. The number of amides is 1. The van der Waals surface area contributed by atoms with Crippen molar-refractivity contribution in [3.63, 3.8) is 0 Å². The summed E-state index contributed by atoms with van der Waals surface area (Å²) in [6.07, 6.45) is 1.79. The second kappa shape index (κ2) is 8.70. The van der Waals surface area contributed by atoms with Crippen LogP contribution in [0.4, 0.5) is 4.39 Å². The number of benzene rings is 2. The molecule has 4 aromatic rings. The van der Waals surface area contributed by atoms with Crippen molar-refractivity contribution >= 4 is 23.1 Å². The maximum atomic E-state index is 12.9. The van der Waals surface area contributed by atoms with Crippen molar-refractivity contribution in [2.75, 3.05) is 0 Å². The Bertz CT molecular complexity index is 1310.